The molecule has 1 aliphatic rings. The first-order valence-corrected chi connectivity index (χ1v) is 24.4. The Kier molecular flexibility index (Phi) is 18.9. The van der Waals surface area contributed by atoms with Gasteiger partial charge in [0.2, 0.25) is 0 Å². The van der Waals surface area contributed by atoms with Crippen molar-refractivity contribution in [2.24, 2.45) is 0 Å². The third-order valence-electron chi connectivity index (χ3n) is 11.1. The molecule has 0 spiro atoms. The number of nitrogens with one attached hydrogen (secondary N) is 2. The molecule has 0 radical (unpaired) electrons. The monoisotopic (exact) mass is 1050 g/mol. The minimum atomic E-state index is -0.581. The summed E-state index contributed by atoms with van der Waals surface area (Å²) in [6.07, 6.45) is 3.79. The summed E-state index contributed by atoms with van der Waals surface area (Å²) >= 11 is 15.5. The van der Waals surface area contributed by atoms with Gasteiger partial charge in [-0.25, -0.2) is 9.59 Å². The molecule has 7 rings (SSSR count). The highest BCUT2D eigenvalue weighted by molar-refractivity contribution is 9.10. The van der Waals surface area contributed by atoms with Gasteiger partial charge >= 0.3 is 19.3 Å². The predicted octanol–water partition coefficient (Wildman–Crippen LogP) is 12.7. The number of carbonyl (C=O) groups excluding carboxylic acids is 2. The van der Waals surface area contributed by atoms with E-state index in [4.69, 9.17) is 53.5 Å². The van der Waals surface area contributed by atoms with E-state index in [2.05, 4.69) is 36.5 Å². The van der Waals surface area contributed by atoms with Crippen molar-refractivity contribution in [1.29, 1.82) is 0 Å². The first kappa shape index (κ1) is 55.3. The number of aromatic nitrogens is 2. The Morgan fingerprint density at radius 3 is 1.51 bits per heavy atom. The minimum Gasteiger partial charge on any atom is -0.444 e. The van der Waals surface area contributed by atoms with E-state index in [0.717, 1.165) is 43.6 Å². The van der Waals surface area contributed by atoms with E-state index in [0.29, 0.717) is 34.3 Å². The number of anilines is 2. The smallest absolute Gasteiger partial charge is 0.444 e. The van der Waals surface area contributed by atoms with Crippen molar-refractivity contribution in [3.8, 4) is 11.1 Å². The van der Waals surface area contributed by atoms with Crippen LogP contribution in [0.25, 0.3) is 11.1 Å². The Hall–Kier alpha value is -5.64. The summed E-state index contributed by atoms with van der Waals surface area (Å²) in [6.45, 7) is 19.1. The number of hydrogen-bond donors (Lipinski definition) is 4. The number of rotatable bonds is 10. The van der Waals surface area contributed by atoms with E-state index in [1.54, 1.807) is 42.7 Å². The Balaban J connectivity index is 0.000000204. The Morgan fingerprint density at radius 1 is 0.643 bits per heavy atom. The fourth-order valence-electron chi connectivity index (χ4n) is 6.92. The standard InChI is InChI=1S/C24H26ClN3O2.C18H21BrN2O2.C12H17BClNO2/c1-24(2,3)30-23(29)28-22(13-16-7-5-4-6-8-16)21-12-9-17(15-27-21)19-14-18(25)10-11-20(19)26;1-18(2,3)23-17(22)21-16(11-13-7-5-4-6-8-13)15-10-9-14(19)12-20-15;1-11(2)12(3,4)17-13(16-11)9-7-8(14)5-6-10(9)15/h4-12,14-15,22H,13,26H2,1-3H3,(H,28,29);4-10,12,16H,11H2,1-3H3,(H,21,22);5-7H,15H2,1-4H3/t22-;16-;/m00./s1. The molecule has 0 bridgehead atoms. The van der Waals surface area contributed by atoms with Gasteiger partial charge < -0.3 is 40.9 Å². The van der Waals surface area contributed by atoms with Gasteiger partial charge in [0.25, 0.3) is 0 Å². The highest BCUT2D eigenvalue weighted by Crippen LogP contribution is 2.37. The molecular weight excluding hydrogens is 990 g/mol. The highest BCUT2D eigenvalue weighted by Gasteiger charge is 2.52. The topological polar surface area (TPSA) is 173 Å². The summed E-state index contributed by atoms with van der Waals surface area (Å²) in [7, 11) is -0.460. The molecule has 16 heteroatoms. The molecule has 2 atom stereocenters. The Morgan fingerprint density at radius 2 is 1.09 bits per heavy atom. The molecule has 370 valence electrons. The van der Waals surface area contributed by atoms with E-state index in [1.807, 2.05) is 160 Å². The van der Waals surface area contributed by atoms with Crippen LogP contribution in [0.15, 0.2) is 138 Å². The zero-order valence-corrected chi connectivity index (χ0v) is 44.6. The molecule has 2 aromatic heterocycles. The van der Waals surface area contributed by atoms with E-state index >= 15 is 0 Å². The summed E-state index contributed by atoms with van der Waals surface area (Å²) in [5, 5.41) is 7.10. The number of nitrogen functional groups attached to an aromatic ring is 2. The molecule has 1 fully saturated rings. The maximum Gasteiger partial charge on any atom is 0.497 e. The Labute approximate surface area is 431 Å². The lowest BCUT2D eigenvalue weighted by Crippen LogP contribution is -2.41. The molecule has 6 aromatic rings. The predicted molar refractivity (Wildman–Crippen MR) is 287 cm³/mol. The number of ether oxygens (including phenoxy) is 2. The van der Waals surface area contributed by atoms with Crippen molar-refractivity contribution in [2.45, 2.75) is 117 Å². The van der Waals surface area contributed by atoms with Crippen LogP contribution in [0.1, 0.15) is 104 Å². The van der Waals surface area contributed by atoms with Crippen molar-refractivity contribution >= 4 is 75.3 Å². The second-order valence-electron chi connectivity index (χ2n) is 19.7. The van der Waals surface area contributed by atoms with Crippen LogP contribution in [0.4, 0.5) is 21.0 Å². The summed E-state index contributed by atoms with van der Waals surface area (Å²) in [4.78, 5) is 33.6. The number of benzene rings is 4. The van der Waals surface area contributed by atoms with Gasteiger partial charge in [0.15, 0.2) is 0 Å². The fraction of sp³-hybridized carbons (Fsp3) is 0.333. The lowest BCUT2D eigenvalue weighted by Gasteiger charge is -2.32. The van der Waals surface area contributed by atoms with Crippen LogP contribution in [0.2, 0.25) is 10.0 Å². The number of nitrogens with two attached hydrogens (primary N) is 2. The molecule has 4 aromatic carbocycles. The summed E-state index contributed by atoms with van der Waals surface area (Å²) in [5.74, 6) is 0. The number of pyridine rings is 2. The molecule has 12 nitrogen and oxygen atoms in total. The van der Waals surface area contributed by atoms with Crippen molar-refractivity contribution in [3.63, 3.8) is 0 Å². The summed E-state index contributed by atoms with van der Waals surface area (Å²) in [6, 6.07) is 37.6. The van der Waals surface area contributed by atoms with Crippen molar-refractivity contribution in [1.82, 2.24) is 20.6 Å². The van der Waals surface area contributed by atoms with Crippen LogP contribution < -0.4 is 27.6 Å². The first-order valence-electron chi connectivity index (χ1n) is 22.9. The van der Waals surface area contributed by atoms with Crippen LogP contribution in [0.5, 0.6) is 0 Å². The normalized spacial score (nSPS) is 14.7. The van der Waals surface area contributed by atoms with Gasteiger partial charge in [-0.3, -0.25) is 9.97 Å². The molecule has 70 heavy (non-hydrogen) atoms. The molecule has 2 amide bonds. The van der Waals surface area contributed by atoms with Gasteiger partial charge in [0, 0.05) is 54.9 Å². The number of hydrogen-bond acceptors (Lipinski definition) is 10. The third kappa shape index (κ3) is 17.0. The number of halogens is 3. The van der Waals surface area contributed by atoms with Crippen molar-refractivity contribution in [2.75, 3.05) is 11.5 Å². The second kappa shape index (κ2) is 24.0. The van der Waals surface area contributed by atoms with E-state index in [9.17, 15) is 9.59 Å². The van der Waals surface area contributed by atoms with Crippen LogP contribution in [-0.4, -0.2) is 51.7 Å². The quantitative estimate of drug-likeness (QED) is 0.0764. The van der Waals surface area contributed by atoms with Gasteiger partial charge in [-0.2, -0.15) is 0 Å². The molecule has 3 heterocycles. The first-order chi connectivity index (χ1) is 32.8. The number of alkyl carbamates (subject to hydrolysis) is 2. The molecule has 0 unspecified atom stereocenters. The van der Waals surface area contributed by atoms with Gasteiger partial charge in [0.05, 0.1) is 34.7 Å². The summed E-state index contributed by atoms with van der Waals surface area (Å²) in [5.41, 5.74) is 17.6. The lowest BCUT2D eigenvalue weighted by molar-refractivity contribution is 0.00578. The van der Waals surface area contributed by atoms with Crippen molar-refractivity contribution < 1.29 is 28.4 Å². The number of amides is 2. The van der Waals surface area contributed by atoms with Crippen LogP contribution >= 0.6 is 39.1 Å². The average molecular weight is 1050 g/mol. The molecule has 1 aliphatic heterocycles. The van der Waals surface area contributed by atoms with E-state index < -0.39 is 30.5 Å². The zero-order valence-electron chi connectivity index (χ0n) is 41.5. The number of carbonyl (C=O) groups is 2. The largest absolute Gasteiger partial charge is 0.497 e. The van der Waals surface area contributed by atoms with Gasteiger partial charge in [-0.1, -0.05) is 89.9 Å². The molecule has 0 saturated carbocycles. The Bertz CT molecular complexity index is 2630. The van der Waals surface area contributed by atoms with Gasteiger partial charge in [-0.15, -0.1) is 0 Å². The van der Waals surface area contributed by atoms with Crippen molar-refractivity contribution in [3.05, 3.63) is 171 Å². The fourth-order valence-corrected chi connectivity index (χ4v) is 7.51. The van der Waals surface area contributed by atoms with Gasteiger partial charge in [0.1, 0.15) is 11.2 Å². The third-order valence-corrected chi connectivity index (χ3v) is 12.0. The average Bonchev–Trinajstić information content (AvgIpc) is 3.50. The molecule has 1 saturated heterocycles. The molecule has 0 aliphatic carbocycles. The SMILES string of the molecule is CC(C)(C)OC(=O)N[C@@H](Cc1ccccc1)c1ccc(-c2cc(Cl)ccc2N)cn1.CC(C)(C)OC(=O)N[C@@H](Cc1ccccc1)c1ccc(Br)cn1.CC1(C)OB(c2cc(Cl)ccc2N)OC1(C)C. The van der Waals surface area contributed by atoms with Gasteiger partial charge in [-0.05, 0) is 164 Å². The minimum absolute atomic E-state index is 0.250. The van der Waals surface area contributed by atoms with Crippen LogP contribution in [0.3, 0.4) is 0 Å². The van der Waals surface area contributed by atoms with Crippen LogP contribution in [-0.2, 0) is 31.6 Å². The lowest BCUT2D eigenvalue weighted by atomic mass is 9.78. The zero-order chi connectivity index (χ0) is 51.4. The van der Waals surface area contributed by atoms with E-state index in [-0.39, 0.29) is 23.3 Å². The summed E-state index contributed by atoms with van der Waals surface area (Å²) < 4.78 is 23.6. The maximum absolute atomic E-state index is 12.4. The molecule has 6 N–H and O–H groups in total. The second-order valence-corrected chi connectivity index (χ2v) is 21.5. The number of nitrogens with zero attached hydrogens (tertiary/aromatic N) is 2. The molecular formula is C54H64BBrCl2N6O6. The van der Waals surface area contributed by atoms with Crippen LogP contribution in [0, 0.1) is 0 Å². The van der Waals surface area contributed by atoms with E-state index in [1.165, 1.54) is 0 Å². The highest BCUT2D eigenvalue weighted by atomic mass is 79.9. The maximum atomic E-state index is 12.4.